The molecule has 0 radical (unpaired) electrons. The number of nitrogens with one attached hydrogen (secondary N) is 1. The SMILES string of the molecule is Cc1ccc(C(=O)Nc2ncc(C#CCO)s2)cc1Cl. The number of aliphatic hydroxyl groups is 1. The number of amides is 1. The molecule has 0 fully saturated rings. The smallest absolute Gasteiger partial charge is 0.257 e. The van der Waals surface area contributed by atoms with Crippen molar-refractivity contribution in [1.82, 2.24) is 4.98 Å². The molecule has 0 spiro atoms. The summed E-state index contributed by atoms with van der Waals surface area (Å²) < 4.78 is 0. The Morgan fingerprint density at radius 1 is 1.55 bits per heavy atom. The molecule has 102 valence electrons. The van der Waals surface area contributed by atoms with E-state index in [1.54, 1.807) is 24.4 Å². The minimum atomic E-state index is -0.275. The van der Waals surface area contributed by atoms with Gasteiger partial charge in [-0.15, -0.1) is 0 Å². The van der Waals surface area contributed by atoms with E-state index in [1.807, 2.05) is 6.92 Å². The van der Waals surface area contributed by atoms with Crippen LogP contribution < -0.4 is 5.32 Å². The van der Waals surface area contributed by atoms with Gasteiger partial charge >= 0.3 is 0 Å². The van der Waals surface area contributed by atoms with Crippen LogP contribution in [-0.2, 0) is 0 Å². The van der Waals surface area contributed by atoms with E-state index >= 15 is 0 Å². The molecule has 0 saturated heterocycles. The molecule has 0 atom stereocenters. The number of aliphatic hydroxyl groups excluding tert-OH is 1. The van der Waals surface area contributed by atoms with Crippen molar-refractivity contribution < 1.29 is 9.90 Å². The van der Waals surface area contributed by atoms with Crippen molar-refractivity contribution in [2.75, 3.05) is 11.9 Å². The summed E-state index contributed by atoms with van der Waals surface area (Å²) in [6.45, 7) is 1.67. The zero-order chi connectivity index (χ0) is 14.5. The molecule has 0 aliphatic rings. The van der Waals surface area contributed by atoms with Gasteiger partial charge in [0.2, 0.25) is 0 Å². The Labute approximate surface area is 125 Å². The monoisotopic (exact) mass is 306 g/mol. The van der Waals surface area contributed by atoms with E-state index in [0.29, 0.717) is 20.6 Å². The third-order valence-corrected chi connectivity index (χ3v) is 3.69. The normalized spacial score (nSPS) is 9.75. The highest BCUT2D eigenvalue weighted by atomic mass is 35.5. The van der Waals surface area contributed by atoms with Gasteiger partial charge in [-0.25, -0.2) is 4.98 Å². The number of nitrogens with zero attached hydrogens (tertiary/aromatic N) is 1. The van der Waals surface area contributed by atoms with Crippen molar-refractivity contribution in [3.8, 4) is 11.8 Å². The minimum absolute atomic E-state index is 0.207. The summed E-state index contributed by atoms with van der Waals surface area (Å²) in [6, 6.07) is 5.11. The van der Waals surface area contributed by atoms with E-state index in [4.69, 9.17) is 16.7 Å². The van der Waals surface area contributed by atoms with Crippen LogP contribution in [0.15, 0.2) is 24.4 Å². The zero-order valence-electron chi connectivity index (χ0n) is 10.6. The number of halogens is 1. The highest BCUT2D eigenvalue weighted by Crippen LogP contribution is 2.20. The summed E-state index contributed by atoms with van der Waals surface area (Å²) >= 11 is 7.23. The third kappa shape index (κ3) is 3.58. The van der Waals surface area contributed by atoms with Gasteiger partial charge in [-0.1, -0.05) is 40.8 Å². The van der Waals surface area contributed by atoms with E-state index in [1.165, 1.54) is 11.3 Å². The van der Waals surface area contributed by atoms with Gasteiger partial charge in [-0.05, 0) is 24.6 Å². The molecule has 0 bridgehead atoms. The van der Waals surface area contributed by atoms with Gasteiger partial charge < -0.3 is 5.11 Å². The van der Waals surface area contributed by atoms with E-state index in [2.05, 4.69) is 22.1 Å². The van der Waals surface area contributed by atoms with Gasteiger partial charge in [0.1, 0.15) is 6.61 Å². The topological polar surface area (TPSA) is 62.2 Å². The van der Waals surface area contributed by atoms with Gasteiger partial charge in [0.25, 0.3) is 5.91 Å². The van der Waals surface area contributed by atoms with Gasteiger partial charge in [-0.2, -0.15) is 0 Å². The van der Waals surface area contributed by atoms with Crippen LogP contribution in [0.1, 0.15) is 20.8 Å². The number of carbonyl (C=O) groups excluding carboxylic acids is 1. The van der Waals surface area contributed by atoms with Crippen LogP contribution in [0.5, 0.6) is 0 Å². The first-order valence-corrected chi connectivity index (χ1v) is 6.92. The lowest BCUT2D eigenvalue weighted by Crippen LogP contribution is -2.11. The number of hydrogen-bond donors (Lipinski definition) is 2. The fourth-order valence-electron chi connectivity index (χ4n) is 1.42. The van der Waals surface area contributed by atoms with Gasteiger partial charge in [0.15, 0.2) is 5.13 Å². The second-order valence-electron chi connectivity index (χ2n) is 3.91. The van der Waals surface area contributed by atoms with Gasteiger partial charge in [0.05, 0.1) is 11.1 Å². The molecule has 6 heteroatoms. The van der Waals surface area contributed by atoms with Crippen molar-refractivity contribution in [3.05, 3.63) is 45.4 Å². The number of aromatic nitrogens is 1. The molecule has 2 aromatic rings. The van der Waals surface area contributed by atoms with Crippen LogP contribution in [0.25, 0.3) is 0 Å². The van der Waals surface area contributed by atoms with Crippen molar-refractivity contribution in [2.24, 2.45) is 0 Å². The second-order valence-corrected chi connectivity index (χ2v) is 5.35. The minimum Gasteiger partial charge on any atom is -0.384 e. The Bertz CT molecular complexity index is 701. The lowest BCUT2D eigenvalue weighted by Gasteiger charge is -2.03. The molecule has 1 amide bonds. The van der Waals surface area contributed by atoms with Crippen molar-refractivity contribution >= 4 is 34.0 Å². The molecule has 1 aromatic carbocycles. The zero-order valence-corrected chi connectivity index (χ0v) is 12.2. The average Bonchev–Trinajstić information content (AvgIpc) is 2.87. The lowest BCUT2D eigenvalue weighted by molar-refractivity contribution is 0.102. The number of benzene rings is 1. The number of anilines is 1. The molecule has 20 heavy (non-hydrogen) atoms. The first-order valence-electron chi connectivity index (χ1n) is 5.73. The first kappa shape index (κ1) is 14.5. The molecule has 0 unspecified atom stereocenters. The van der Waals surface area contributed by atoms with Crippen molar-refractivity contribution in [1.29, 1.82) is 0 Å². The van der Waals surface area contributed by atoms with Crippen molar-refractivity contribution in [2.45, 2.75) is 6.92 Å². The molecule has 1 heterocycles. The lowest BCUT2D eigenvalue weighted by atomic mass is 10.1. The maximum absolute atomic E-state index is 12.0. The Balaban J connectivity index is 2.11. The van der Waals surface area contributed by atoms with E-state index < -0.39 is 0 Å². The Kier molecular flexibility index (Phi) is 4.74. The molecule has 0 aliphatic carbocycles. The first-order chi connectivity index (χ1) is 9.60. The van der Waals surface area contributed by atoms with Crippen LogP contribution in [0.3, 0.4) is 0 Å². The molecule has 0 aliphatic heterocycles. The molecule has 0 saturated carbocycles. The van der Waals surface area contributed by atoms with E-state index in [-0.39, 0.29) is 12.5 Å². The molecule has 1 aromatic heterocycles. The number of hydrogen-bond acceptors (Lipinski definition) is 4. The number of rotatable bonds is 2. The molecule has 4 nitrogen and oxygen atoms in total. The highest BCUT2D eigenvalue weighted by Gasteiger charge is 2.09. The van der Waals surface area contributed by atoms with Crippen LogP contribution in [0.4, 0.5) is 5.13 Å². The molecule has 2 rings (SSSR count). The van der Waals surface area contributed by atoms with Crippen LogP contribution in [-0.4, -0.2) is 22.6 Å². The quantitative estimate of drug-likeness (QED) is 0.839. The highest BCUT2D eigenvalue weighted by molar-refractivity contribution is 7.16. The fraction of sp³-hybridized carbons (Fsp3) is 0.143. The molecular formula is C14H11ClN2O2S. The van der Waals surface area contributed by atoms with Gasteiger partial charge in [-0.3, -0.25) is 10.1 Å². The largest absolute Gasteiger partial charge is 0.384 e. The van der Waals surface area contributed by atoms with E-state index in [0.717, 1.165) is 5.56 Å². The predicted octanol–water partition coefficient (Wildman–Crippen LogP) is 2.70. The molecular weight excluding hydrogens is 296 g/mol. The number of carbonyl (C=O) groups is 1. The standard InChI is InChI=1S/C14H11ClN2O2S/c1-9-4-5-10(7-12(9)15)13(19)17-14-16-8-11(20-14)3-2-6-18/h4-5,7-8,18H,6H2,1H3,(H,16,17,19). The second kappa shape index (κ2) is 6.53. The summed E-state index contributed by atoms with van der Waals surface area (Å²) in [7, 11) is 0. The summed E-state index contributed by atoms with van der Waals surface area (Å²) in [6.07, 6.45) is 1.55. The summed E-state index contributed by atoms with van der Waals surface area (Å²) in [5, 5.41) is 12.3. The van der Waals surface area contributed by atoms with Crippen LogP contribution in [0, 0.1) is 18.8 Å². The Morgan fingerprint density at radius 2 is 2.35 bits per heavy atom. The van der Waals surface area contributed by atoms with Crippen molar-refractivity contribution in [3.63, 3.8) is 0 Å². The maximum Gasteiger partial charge on any atom is 0.257 e. The third-order valence-electron chi connectivity index (χ3n) is 2.45. The predicted molar refractivity (Wildman–Crippen MR) is 80.2 cm³/mol. The van der Waals surface area contributed by atoms with Crippen LogP contribution >= 0.6 is 22.9 Å². The Hall–Kier alpha value is -1.87. The fourth-order valence-corrected chi connectivity index (χ4v) is 2.29. The van der Waals surface area contributed by atoms with Crippen LogP contribution in [0.2, 0.25) is 5.02 Å². The number of thiazole rings is 1. The summed E-state index contributed by atoms with van der Waals surface area (Å²) in [5.41, 5.74) is 1.39. The maximum atomic E-state index is 12.0. The molecule has 2 N–H and O–H groups in total. The van der Waals surface area contributed by atoms with E-state index in [9.17, 15) is 4.79 Å². The summed E-state index contributed by atoms with van der Waals surface area (Å²) in [5.74, 6) is 4.98. The summed E-state index contributed by atoms with van der Waals surface area (Å²) in [4.78, 5) is 16.7. The number of aryl methyl sites for hydroxylation is 1. The van der Waals surface area contributed by atoms with Gasteiger partial charge in [0, 0.05) is 10.6 Å². The average molecular weight is 307 g/mol. The Morgan fingerprint density at radius 3 is 3.05 bits per heavy atom.